The van der Waals surface area contributed by atoms with Crippen molar-refractivity contribution in [2.75, 3.05) is 32.1 Å². The van der Waals surface area contributed by atoms with Crippen molar-refractivity contribution in [3.8, 4) is 0 Å². The van der Waals surface area contributed by atoms with Gasteiger partial charge in [-0.05, 0) is 6.07 Å². The quantitative estimate of drug-likeness (QED) is 0.859. The van der Waals surface area contributed by atoms with E-state index < -0.39 is 11.5 Å². The van der Waals surface area contributed by atoms with Crippen LogP contribution < -0.4 is 4.90 Å². The number of carboxylic acids is 1. The number of anilines is 1. The van der Waals surface area contributed by atoms with Gasteiger partial charge in [0.1, 0.15) is 11.5 Å². The number of hydrogen-bond donors (Lipinski definition) is 1. The van der Waals surface area contributed by atoms with E-state index in [9.17, 15) is 14.7 Å². The third-order valence-electron chi connectivity index (χ3n) is 4.50. The summed E-state index contributed by atoms with van der Waals surface area (Å²) in [7, 11) is 3.31. The van der Waals surface area contributed by atoms with E-state index in [2.05, 4.69) is 15.1 Å². The summed E-state index contributed by atoms with van der Waals surface area (Å²) in [6, 6.07) is 1.72. The van der Waals surface area contributed by atoms with E-state index in [1.807, 2.05) is 4.90 Å². The van der Waals surface area contributed by atoms with E-state index in [1.54, 1.807) is 38.8 Å². The number of rotatable bonds is 4. The average Bonchev–Trinajstić information content (AvgIpc) is 3.16. The van der Waals surface area contributed by atoms with Crippen LogP contribution in [0.3, 0.4) is 0 Å². The topological polar surface area (TPSA) is 104 Å². The van der Waals surface area contributed by atoms with Gasteiger partial charge in [-0.1, -0.05) is 0 Å². The zero-order valence-electron chi connectivity index (χ0n) is 14.2. The molecular formula is C16H20N6O3. The second-order valence-electron chi connectivity index (χ2n) is 6.24. The lowest BCUT2D eigenvalue weighted by molar-refractivity contribution is -0.149. The van der Waals surface area contributed by atoms with Crippen molar-refractivity contribution in [3.63, 3.8) is 0 Å². The highest BCUT2D eigenvalue weighted by Gasteiger charge is 2.44. The number of piperidine rings is 1. The molecule has 0 unspecified atom stereocenters. The minimum atomic E-state index is -1.05. The summed E-state index contributed by atoms with van der Waals surface area (Å²) >= 11 is 0. The predicted molar refractivity (Wildman–Crippen MR) is 89.3 cm³/mol. The summed E-state index contributed by atoms with van der Waals surface area (Å²) < 4.78 is 1.52. The van der Waals surface area contributed by atoms with Gasteiger partial charge in [-0.25, -0.2) is 9.78 Å². The molecular weight excluding hydrogens is 324 g/mol. The molecule has 0 atom stereocenters. The number of aromatic nitrogens is 4. The van der Waals surface area contributed by atoms with Gasteiger partial charge in [0.25, 0.3) is 5.91 Å². The molecule has 1 amide bonds. The van der Waals surface area contributed by atoms with Crippen molar-refractivity contribution in [1.82, 2.24) is 24.6 Å². The third-order valence-corrected chi connectivity index (χ3v) is 4.50. The Balaban J connectivity index is 1.79. The monoisotopic (exact) mass is 344 g/mol. The molecule has 25 heavy (non-hydrogen) atoms. The van der Waals surface area contributed by atoms with Crippen molar-refractivity contribution in [1.29, 1.82) is 0 Å². The number of carboxylic acid groups (broad SMARTS) is 1. The highest BCUT2D eigenvalue weighted by atomic mass is 16.4. The van der Waals surface area contributed by atoms with Crippen LogP contribution in [0.4, 0.5) is 5.82 Å². The third kappa shape index (κ3) is 3.04. The smallest absolute Gasteiger partial charge is 0.331 e. The first-order valence-electron chi connectivity index (χ1n) is 7.96. The van der Waals surface area contributed by atoms with Gasteiger partial charge in [0.2, 0.25) is 0 Å². The van der Waals surface area contributed by atoms with E-state index in [-0.39, 0.29) is 11.6 Å². The van der Waals surface area contributed by atoms with Crippen molar-refractivity contribution in [2.45, 2.75) is 18.4 Å². The molecule has 0 saturated carbocycles. The van der Waals surface area contributed by atoms with E-state index in [0.717, 1.165) is 0 Å². The standard InChI is InChI=1S/C16H20N6O3/c1-20(2)14(23)12-10-17-11-13(19-12)21-8-4-16(5-9-21,15(24)25)22-7-3-6-18-22/h3,6-7,10-11H,4-5,8-9H2,1-2H3,(H,24,25). The first-order chi connectivity index (χ1) is 11.9. The van der Waals surface area contributed by atoms with Crippen LogP contribution >= 0.6 is 0 Å². The Bertz CT molecular complexity index is 766. The lowest BCUT2D eigenvalue weighted by Crippen LogP contribution is -2.51. The SMILES string of the molecule is CN(C)C(=O)c1cncc(N2CCC(C(=O)O)(n3cccn3)CC2)n1. The number of carbonyl (C=O) groups is 2. The van der Waals surface area contributed by atoms with E-state index in [0.29, 0.717) is 31.7 Å². The van der Waals surface area contributed by atoms with Crippen LogP contribution in [-0.4, -0.2) is 68.8 Å². The second kappa shape index (κ2) is 6.50. The van der Waals surface area contributed by atoms with E-state index in [4.69, 9.17) is 0 Å². The molecule has 0 spiro atoms. The van der Waals surface area contributed by atoms with Crippen LogP contribution in [0.25, 0.3) is 0 Å². The Labute approximate surface area is 144 Å². The minimum Gasteiger partial charge on any atom is -0.479 e. The van der Waals surface area contributed by atoms with Crippen molar-refractivity contribution in [2.24, 2.45) is 0 Å². The molecule has 0 bridgehead atoms. The molecule has 1 aliphatic heterocycles. The molecule has 1 saturated heterocycles. The normalized spacial score (nSPS) is 16.5. The highest BCUT2D eigenvalue weighted by Crippen LogP contribution is 2.31. The molecule has 3 heterocycles. The number of aliphatic carboxylic acids is 1. The van der Waals surface area contributed by atoms with Gasteiger partial charge in [0, 0.05) is 52.4 Å². The predicted octanol–water partition coefficient (Wildman–Crippen LogP) is 0.455. The van der Waals surface area contributed by atoms with Gasteiger partial charge >= 0.3 is 5.97 Å². The molecule has 0 aliphatic carbocycles. The molecule has 1 aliphatic rings. The second-order valence-corrected chi connectivity index (χ2v) is 6.24. The van der Waals surface area contributed by atoms with Gasteiger partial charge < -0.3 is 14.9 Å². The lowest BCUT2D eigenvalue weighted by atomic mass is 9.87. The Hall–Kier alpha value is -2.97. The maximum absolute atomic E-state index is 12.0. The summed E-state index contributed by atoms with van der Waals surface area (Å²) in [5.74, 6) is -0.534. The molecule has 1 N–H and O–H groups in total. The van der Waals surface area contributed by atoms with Crippen LogP contribution in [0.2, 0.25) is 0 Å². The fourth-order valence-corrected chi connectivity index (χ4v) is 3.01. The summed E-state index contributed by atoms with van der Waals surface area (Å²) in [5.41, 5.74) is -0.783. The number of carbonyl (C=O) groups excluding carboxylic acids is 1. The first kappa shape index (κ1) is 16.9. The minimum absolute atomic E-state index is 0.220. The van der Waals surface area contributed by atoms with Crippen molar-refractivity contribution >= 4 is 17.7 Å². The molecule has 2 aromatic rings. The summed E-state index contributed by atoms with van der Waals surface area (Å²) in [4.78, 5) is 35.8. The maximum atomic E-state index is 12.0. The summed E-state index contributed by atoms with van der Waals surface area (Å²) in [5, 5.41) is 13.9. The Morgan fingerprint density at radius 1 is 1.24 bits per heavy atom. The number of hydrogen-bond acceptors (Lipinski definition) is 6. The van der Waals surface area contributed by atoms with Crippen LogP contribution in [0.5, 0.6) is 0 Å². The molecule has 0 radical (unpaired) electrons. The fraction of sp³-hybridized carbons (Fsp3) is 0.438. The number of amides is 1. The van der Waals surface area contributed by atoms with Gasteiger partial charge in [-0.15, -0.1) is 0 Å². The summed E-state index contributed by atoms with van der Waals surface area (Å²) in [6.45, 7) is 0.973. The molecule has 132 valence electrons. The van der Waals surface area contributed by atoms with Crippen LogP contribution in [0, 0.1) is 0 Å². The van der Waals surface area contributed by atoms with Crippen molar-refractivity contribution < 1.29 is 14.7 Å². The Kier molecular flexibility index (Phi) is 4.39. The van der Waals surface area contributed by atoms with Crippen LogP contribution in [0.1, 0.15) is 23.3 Å². The largest absolute Gasteiger partial charge is 0.479 e. The zero-order valence-corrected chi connectivity index (χ0v) is 14.2. The highest BCUT2D eigenvalue weighted by molar-refractivity contribution is 5.91. The molecule has 9 heteroatoms. The Morgan fingerprint density at radius 2 is 1.96 bits per heavy atom. The average molecular weight is 344 g/mol. The van der Waals surface area contributed by atoms with E-state index in [1.165, 1.54) is 15.8 Å². The fourth-order valence-electron chi connectivity index (χ4n) is 3.01. The number of nitrogens with zero attached hydrogens (tertiary/aromatic N) is 6. The van der Waals surface area contributed by atoms with Gasteiger partial charge in [0.05, 0.1) is 12.4 Å². The van der Waals surface area contributed by atoms with E-state index >= 15 is 0 Å². The molecule has 2 aromatic heterocycles. The molecule has 3 rings (SSSR count). The van der Waals surface area contributed by atoms with Crippen LogP contribution in [0.15, 0.2) is 30.9 Å². The maximum Gasteiger partial charge on any atom is 0.331 e. The summed E-state index contributed by atoms with van der Waals surface area (Å²) in [6.07, 6.45) is 7.06. The lowest BCUT2D eigenvalue weighted by Gasteiger charge is -2.39. The Morgan fingerprint density at radius 3 is 2.52 bits per heavy atom. The molecule has 9 nitrogen and oxygen atoms in total. The van der Waals surface area contributed by atoms with Gasteiger partial charge in [-0.2, -0.15) is 5.10 Å². The van der Waals surface area contributed by atoms with Gasteiger partial charge in [-0.3, -0.25) is 14.5 Å². The van der Waals surface area contributed by atoms with Gasteiger partial charge in [0.15, 0.2) is 5.54 Å². The van der Waals surface area contributed by atoms with Crippen molar-refractivity contribution in [3.05, 3.63) is 36.5 Å². The first-order valence-corrected chi connectivity index (χ1v) is 7.96. The van der Waals surface area contributed by atoms with Crippen LogP contribution in [-0.2, 0) is 10.3 Å². The zero-order chi connectivity index (χ0) is 18.0. The molecule has 1 fully saturated rings. The molecule has 0 aromatic carbocycles.